The zero-order valence-corrected chi connectivity index (χ0v) is 11.7. The molecule has 0 aliphatic rings. The second kappa shape index (κ2) is 7.52. The number of rotatable bonds is 7. The fraction of sp³-hybridized carbons (Fsp3) is 0.600. The zero-order chi connectivity index (χ0) is 13.5. The molecule has 0 fully saturated rings. The molecule has 0 saturated carbocycles. The number of ether oxygens (including phenoxy) is 2. The first-order valence-corrected chi connectivity index (χ1v) is 6.49. The molecular formula is C15H24O3. The predicted octanol–water partition coefficient (Wildman–Crippen LogP) is 2.72. The van der Waals surface area contributed by atoms with Crippen molar-refractivity contribution in [3.8, 4) is 0 Å². The number of aliphatic hydroxyl groups is 1. The number of aliphatic hydroxyl groups excluding tert-OH is 1. The lowest BCUT2D eigenvalue weighted by Gasteiger charge is -2.23. The van der Waals surface area contributed by atoms with Crippen molar-refractivity contribution in [2.24, 2.45) is 0 Å². The first-order chi connectivity index (χ1) is 8.58. The molecule has 0 spiro atoms. The number of hydrogen-bond donors (Lipinski definition) is 1. The van der Waals surface area contributed by atoms with Crippen LogP contribution in [0.3, 0.4) is 0 Å². The van der Waals surface area contributed by atoms with Crippen molar-refractivity contribution in [2.75, 3.05) is 13.7 Å². The van der Waals surface area contributed by atoms with Gasteiger partial charge in [0.1, 0.15) is 6.10 Å². The van der Waals surface area contributed by atoms with Crippen molar-refractivity contribution in [3.63, 3.8) is 0 Å². The van der Waals surface area contributed by atoms with E-state index in [0.29, 0.717) is 6.61 Å². The summed E-state index contributed by atoms with van der Waals surface area (Å²) in [7, 11) is 1.64. The number of methoxy groups -OCH3 is 1. The van der Waals surface area contributed by atoms with Crippen LogP contribution in [0, 0.1) is 0 Å². The molecule has 1 N–H and O–H groups in total. The Labute approximate surface area is 110 Å². The van der Waals surface area contributed by atoms with Crippen molar-refractivity contribution in [3.05, 3.63) is 35.4 Å². The van der Waals surface area contributed by atoms with Gasteiger partial charge in [-0.3, -0.25) is 0 Å². The summed E-state index contributed by atoms with van der Waals surface area (Å²) < 4.78 is 10.7. The summed E-state index contributed by atoms with van der Waals surface area (Å²) in [6, 6.07) is 8.02. The van der Waals surface area contributed by atoms with E-state index in [-0.39, 0.29) is 12.2 Å². The normalized spacial score (nSPS) is 16.3. The molecule has 3 atom stereocenters. The zero-order valence-electron chi connectivity index (χ0n) is 11.7. The smallest absolute Gasteiger partial charge is 0.105 e. The van der Waals surface area contributed by atoms with E-state index in [1.54, 1.807) is 7.11 Å². The summed E-state index contributed by atoms with van der Waals surface area (Å²) in [4.78, 5) is 0. The van der Waals surface area contributed by atoms with Gasteiger partial charge < -0.3 is 14.6 Å². The van der Waals surface area contributed by atoms with Crippen LogP contribution in [0.25, 0.3) is 0 Å². The molecule has 0 saturated heterocycles. The first-order valence-electron chi connectivity index (χ1n) is 6.49. The van der Waals surface area contributed by atoms with Crippen LogP contribution in [0.1, 0.15) is 38.0 Å². The van der Waals surface area contributed by atoms with Gasteiger partial charge in [-0.05, 0) is 31.4 Å². The Morgan fingerprint density at radius 2 is 1.78 bits per heavy atom. The molecule has 0 aromatic heterocycles. The molecule has 102 valence electrons. The third kappa shape index (κ3) is 4.41. The van der Waals surface area contributed by atoms with Crippen LogP contribution >= 0.6 is 0 Å². The summed E-state index contributed by atoms with van der Waals surface area (Å²) >= 11 is 0. The molecule has 0 heterocycles. The molecule has 3 heteroatoms. The van der Waals surface area contributed by atoms with Crippen LogP contribution in [-0.4, -0.2) is 31.0 Å². The van der Waals surface area contributed by atoms with E-state index in [1.807, 2.05) is 38.1 Å². The van der Waals surface area contributed by atoms with Gasteiger partial charge in [-0.1, -0.05) is 31.2 Å². The molecule has 0 amide bonds. The van der Waals surface area contributed by atoms with E-state index in [9.17, 15) is 5.11 Å². The fourth-order valence-corrected chi connectivity index (χ4v) is 1.94. The Morgan fingerprint density at radius 1 is 1.17 bits per heavy atom. The van der Waals surface area contributed by atoms with Gasteiger partial charge in [0.05, 0.1) is 18.8 Å². The Hall–Kier alpha value is -0.900. The lowest BCUT2D eigenvalue weighted by atomic mass is 10.0. The minimum Gasteiger partial charge on any atom is -0.386 e. The quantitative estimate of drug-likeness (QED) is 0.811. The van der Waals surface area contributed by atoms with Crippen molar-refractivity contribution >= 4 is 0 Å². The molecule has 18 heavy (non-hydrogen) atoms. The minimum atomic E-state index is -0.602. The van der Waals surface area contributed by atoms with E-state index in [2.05, 4.69) is 6.92 Å². The molecule has 0 radical (unpaired) electrons. The molecule has 3 unspecified atom stereocenters. The van der Waals surface area contributed by atoms with Gasteiger partial charge >= 0.3 is 0 Å². The van der Waals surface area contributed by atoms with Crippen LogP contribution in [0.5, 0.6) is 0 Å². The average molecular weight is 252 g/mol. The third-order valence-corrected chi connectivity index (χ3v) is 3.02. The van der Waals surface area contributed by atoms with Gasteiger partial charge in [-0.15, -0.1) is 0 Å². The third-order valence-electron chi connectivity index (χ3n) is 3.02. The maximum atomic E-state index is 10.2. The van der Waals surface area contributed by atoms with Crippen molar-refractivity contribution in [2.45, 2.75) is 45.5 Å². The number of aryl methyl sites for hydroxylation is 1. The van der Waals surface area contributed by atoms with E-state index in [0.717, 1.165) is 12.0 Å². The molecule has 1 aromatic rings. The predicted molar refractivity (Wildman–Crippen MR) is 72.7 cm³/mol. The molecule has 1 rings (SSSR count). The lowest BCUT2D eigenvalue weighted by molar-refractivity contribution is -0.0824. The summed E-state index contributed by atoms with van der Waals surface area (Å²) in [6.07, 6.45) is 0.139. The summed E-state index contributed by atoms with van der Waals surface area (Å²) in [6.45, 7) is 6.47. The summed E-state index contributed by atoms with van der Waals surface area (Å²) in [5.74, 6) is 0. The number of hydrogen-bond acceptors (Lipinski definition) is 3. The van der Waals surface area contributed by atoms with E-state index >= 15 is 0 Å². The Kier molecular flexibility index (Phi) is 6.33. The molecule has 3 nitrogen and oxygen atoms in total. The fourth-order valence-electron chi connectivity index (χ4n) is 1.94. The standard InChI is InChI=1S/C15H24O3/c1-5-13-6-8-14(9-7-13)15(16)12(3)18-11(2)10-17-4/h6-9,11-12,15-16H,5,10H2,1-4H3. The van der Waals surface area contributed by atoms with Gasteiger partial charge in [0.25, 0.3) is 0 Å². The topological polar surface area (TPSA) is 38.7 Å². The van der Waals surface area contributed by atoms with E-state index in [4.69, 9.17) is 9.47 Å². The van der Waals surface area contributed by atoms with Crippen molar-refractivity contribution < 1.29 is 14.6 Å². The Balaban J connectivity index is 2.58. The SMILES string of the molecule is CCc1ccc(C(O)C(C)OC(C)COC)cc1. The van der Waals surface area contributed by atoms with Crippen molar-refractivity contribution in [1.29, 1.82) is 0 Å². The molecule has 1 aromatic carbocycles. The number of benzene rings is 1. The Bertz CT molecular complexity index is 334. The summed E-state index contributed by atoms with van der Waals surface area (Å²) in [5.41, 5.74) is 2.16. The van der Waals surface area contributed by atoms with Crippen LogP contribution in [0.2, 0.25) is 0 Å². The molecular weight excluding hydrogens is 228 g/mol. The second-order valence-corrected chi connectivity index (χ2v) is 4.65. The van der Waals surface area contributed by atoms with Gasteiger partial charge in [0.2, 0.25) is 0 Å². The minimum absolute atomic E-state index is 0.0189. The van der Waals surface area contributed by atoms with Gasteiger partial charge in [0.15, 0.2) is 0 Å². The highest BCUT2D eigenvalue weighted by atomic mass is 16.5. The highest BCUT2D eigenvalue weighted by molar-refractivity contribution is 5.24. The maximum Gasteiger partial charge on any atom is 0.105 e. The average Bonchev–Trinajstić information content (AvgIpc) is 2.38. The first kappa shape index (κ1) is 15.2. The monoisotopic (exact) mass is 252 g/mol. The van der Waals surface area contributed by atoms with Crippen LogP contribution in [0.15, 0.2) is 24.3 Å². The van der Waals surface area contributed by atoms with Crippen LogP contribution < -0.4 is 0 Å². The van der Waals surface area contributed by atoms with Gasteiger partial charge in [0, 0.05) is 7.11 Å². The second-order valence-electron chi connectivity index (χ2n) is 4.65. The van der Waals surface area contributed by atoms with E-state index in [1.165, 1.54) is 5.56 Å². The molecule has 0 aliphatic heterocycles. The van der Waals surface area contributed by atoms with Crippen molar-refractivity contribution in [1.82, 2.24) is 0 Å². The highest BCUT2D eigenvalue weighted by Crippen LogP contribution is 2.20. The maximum absolute atomic E-state index is 10.2. The van der Waals surface area contributed by atoms with Crippen LogP contribution in [0.4, 0.5) is 0 Å². The van der Waals surface area contributed by atoms with Gasteiger partial charge in [-0.2, -0.15) is 0 Å². The molecule has 0 bridgehead atoms. The largest absolute Gasteiger partial charge is 0.386 e. The highest BCUT2D eigenvalue weighted by Gasteiger charge is 2.19. The van der Waals surface area contributed by atoms with Crippen LogP contribution in [-0.2, 0) is 15.9 Å². The van der Waals surface area contributed by atoms with Gasteiger partial charge in [-0.25, -0.2) is 0 Å². The Morgan fingerprint density at radius 3 is 2.28 bits per heavy atom. The summed E-state index contributed by atoms with van der Waals surface area (Å²) in [5, 5.41) is 10.2. The molecule has 0 aliphatic carbocycles. The van der Waals surface area contributed by atoms with E-state index < -0.39 is 6.10 Å². The lowest BCUT2D eigenvalue weighted by Crippen LogP contribution is -2.26.